The molecule has 0 aliphatic rings. The fourth-order valence-corrected chi connectivity index (χ4v) is 4.65. The van der Waals surface area contributed by atoms with Crippen molar-refractivity contribution in [2.24, 2.45) is 0 Å². The van der Waals surface area contributed by atoms with Crippen LogP contribution >= 0.6 is 34.2 Å². The first kappa shape index (κ1) is 17.7. The fourth-order valence-electron chi connectivity index (χ4n) is 2.05. The Kier molecular flexibility index (Phi) is 5.53. The number of halogens is 2. The first-order valence-corrected chi connectivity index (χ1v) is 9.84. The first-order chi connectivity index (χ1) is 10.3. The van der Waals surface area contributed by atoms with Crippen LogP contribution in [0.25, 0.3) is 11.1 Å². The van der Waals surface area contributed by atoms with Gasteiger partial charge in [-0.3, -0.25) is 0 Å². The topological polar surface area (TPSA) is 54.4 Å². The van der Waals surface area contributed by atoms with E-state index < -0.39 is 18.2 Å². The fraction of sp³-hybridized carbons (Fsp3) is 0.250. The minimum Gasteiger partial charge on any atom is -0.385 e. The lowest BCUT2D eigenvalue weighted by molar-refractivity contribution is 0.187. The molecule has 0 bridgehead atoms. The Hall–Kier alpha value is -0.630. The predicted octanol–water partition coefficient (Wildman–Crippen LogP) is 4.15. The number of benzene rings is 2. The summed E-state index contributed by atoms with van der Waals surface area (Å²) < 4.78 is 22.3. The lowest BCUT2D eigenvalue weighted by Crippen LogP contribution is -2.34. The number of rotatable bonds is 5. The van der Waals surface area contributed by atoms with E-state index >= 15 is 0 Å². The van der Waals surface area contributed by atoms with E-state index in [2.05, 4.69) is 0 Å². The van der Waals surface area contributed by atoms with Crippen molar-refractivity contribution in [3.63, 3.8) is 0 Å². The van der Waals surface area contributed by atoms with Crippen LogP contribution in [0.5, 0.6) is 0 Å². The standard InChI is InChI=1S/C16H16ClIO3S/c1-2-22(20,21)16(17,18)15(19)14-10-8-13(9-11-14)12-6-4-3-5-7-12/h3-11,15,19H,2H2,1H3/t15-,16-/m0/s1. The highest BCUT2D eigenvalue weighted by Crippen LogP contribution is 2.43. The molecule has 1 N–H and O–H groups in total. The van der Waals surface area contributed by atoms with Gasteiger partial charge in [0.1, 0.15) is 6.10 Å². The van der Waals surface area contributed by atoms with Crippen molar-refractivity contribution in [1.29, 1.82) is 0 Å². The predicted molar refractivity (Wildman–Crippen MR) is 98.9 cm³/mol. The number of aliphatic hydroxyl groups excluding tert-OH is 1. The van der Waals surface area contributed by atoms with Gasteiger partial charge in [0.05, 0.1) is 5.75 Å². The molecule has 118 valence electrons. The van der Waals surface area contributed by atoms with Gasteiger partial charge in [-0.05, 0) is 39.3 Å². The Morgan fingerprint density at radius 3 is 2.09 bits per heavy atom. The van der Waals surface area contributed by atoms with Crippen molar-refractivity contribution in [3.05, 3.63) is 60.2 Å². The van der Waals surface area contributed by atoms with Gasteiger partial charge in [0.25, 0.3) is 0 Å². The Balaban J connectivity index is 2.31. The average Bonchev–Trinajstić information content (AvgIpc) is 2.55. The molecule has 0 aromatic heterocycles. The molecule has 0 saturated carbocycles. The van der Waals surface area contributed by atoms with Crippen LogP contribution in [0.1, 0.15) is 18.6 Å². The number of sulfone groups is 1. The van der Waals surface area contributed by atoms with Crippen molar-refractivity contribution in [1.82, 2.24) is 0 Å². The van der Waals surface area contributed by atoms with E-state index in [1.807, 2.05) is 42.5 Å². The normalized spacial score (nSPS) is 16.0. The highest BCUT2D eigenvalue weighted by molar-refractivity contribution is 14.1. The van der Waals surface area contributed by atoms with Crippen LogP contribution in [0, 0.1) is 0 Å². The van der Waals surface area contributed by atoms with Crippen LogP contribution < -0.4 is 0 Å². The molecule has 2 rings (SSSR count). The molecular formula is C16H16ClIO3S. The van der Waals surface area contributed by atoms with Gasteiger partial charge in [0.15, 0.2) is 9.84 Å². The molecule has 6 heteroatoms. The Labute approximate surface area is 149 Å². The van der Waals surface area contributed by atoms with E-state index in [4.69, 9.17) is 11.6 Å². The van der Waals surface area contributed by atoms with Crippen LogP contribution in [-0.4, -0.2) is 21.5 Å². The largest absolute Gasteiger partial charge is 0.385 e. The van der Waals surface area contributed by atoms with E-state index in [9.17, 15) is 13.5 Å². The van der Waals surface area contributed by atoms with Gasteiger partial charge < -0.3 is 5.11 Å². The summed E-state index contributed by atoms with van der Waals surface area (Å²) in [4.78, 5) is 0. The lowest BCUT2D eigenvalue weighted by Gasteiger charge is -2.26. The third kappa shape index (κ3) is 3.48. The van der Waals surface area contributed by atoms with E-state index in [1.165, 1.54) is 6.92 Å². The minimum atomic E-state index is -3.61. The molecule has 0 radical (unpaired) electrons. The van der Waals surface area contributed by atoms with Crippen molar-refractivity contribution in [3.8, 4) is 11.1 Å². The van der Waals surface area contributed by atoms with Gasteiger partial charge in [0.2, 0.25) is 2.21 Å². The number of alkyl halides is 2. The molecule has 0 amide bonds. The number of aliphatic hydroxyl groups is 1. The van der Waals surface area contributed by atoms with Crippen LogP contribution in [-0.2, 0) is 9.84 Å². The summed E-state index contributed by atoms with van der Waals surface area (Å²) in [5.74, 6) is -0.126. The van der Waals surface area contributed by atoms with E-state index in [-0.39, 0.29) is 5.75 Å². The summed E-state index contributed by atoms with van der Waals surface area (Å²) in [6.45, 7) is 1.51. The molecule has 0 fully saturated rings. The summed E-state index contributed by atoms with van der Waals surface area (Å²) in [6, 6.07) is 16.9. The summed E-state index contributed by atoms with van der Waals surface area (Å²) in [5, 5.41) is 10.4. The second-order valence-corrected chi connectivity index (χ2v) is 11.2. The number of hydrogen-bond acceptors (Lipinski definition) is 3. The van der Waals surface area contributed by atoms with Crippen molar-refractivity contribution in [2.75, 3.05) is 5.75 Å². The molecule has 0 spiro atoms. The molecule has 0 unspecified atom stereocenters. The zero-order chi connectivity index (χ0) is 16.4. The third-order valence-electron chi connectivity index (χ3n) is 3.45. The van der Waals surface area contributed by atoms with Gasteiger partial charge in [-0.2, -0.15) is 0 Å². The molecule has 0 heterocycles. The maximum absolute atomic E-state index is 12.0. The van der Waals surface area contributed by atoms with Crippen LogP contribution in [0.2, 0.25) is 0 Å². The van der Waals surface area contributed by atoms with Gasteiger partial charge in [-0.1, -0.05) is 73.1 Å². The second-order valence-electron chi connectivity index (χ2n) is 4.86. The molecule has 2 atom stereocenters. The smallest absolute Gasteiger partial charge is 0.225 e. The van der Waals surface area contributed by atoms with E-state index in [0.717, 1.165) is 11.1 Å². The first-order valence-electron chi connectivity index (χ1n) is 6.73. The van der Waals surface area contributed by atoms with Crippen molar-refractivity contribution >= 4 is 44.0 Å². The Bertz CT molecular complexity index is 728. The molecule has 0 aliphatic carbocycles. The minimum absolute atomic E-state index is 0.126. The highest BCUT2D eigenvalue weighted by atomic mass is 127. The molecule has 2 aromatic carbocycles. The van der Waals surface area contributed by atoms with Crippen LogP contribution in [0.15, 0.2) is 54.6 Å². The van der Waals surface area contributed by atoms with Gasteiger partial charge >= 0.3 is 0 Å². The zero-order valence-electron chi connectivity index (χ0n) is 11.9. The summed E-state index contributed by atoms with van der Waals surface area (Å²) in [7, 11) is -3.61. The van der Waals surface area contributed by atoms with Crippen LogP contribution in [0.3, 0.4) is 0 Å². The molecule has 2 aromatic rings. The summed E-state index contributed by atoms with van der Waals surface area (Å²) >= 11 is 7.71. The van der Waals surface area contributed by atoms with Crippen molar-refractivity contribution < 1.29 is 13.5 Å². The number of hydrogen-bond donors (Lipinski definition) is 1. The SMILES string of the molecule is CCS(=O)(=O)[C@@](Cl)(I)[C@@H](O)c1ccc(-c2ccccc2)cc1. The third-order valence-corrected chi connectivity index (χ3v) is 8.77. The molecule has 22 heavy (non-hydrogen) atoms. The van der Waals surface area contributed by atoms with E-state index in [0.29, 0.717) is 5.56 Å². The maximum atomic E-state index is 12.0. The zero-order valence-corrected chi connectivity index (χ0v) is 15.6. The van der Waals surface area contributed by atoms with Gasteiger partial charge in [-0.15, -0.1) is 0 Å². The molecule has 0 saturated heterocycles. The summed E-state index contributed by atoms with van der Waals surface area (Å²) in [5.41, 5.74) is 2.51. The van der Waals surface area contributed by atoms with Gasteiger partial charge in [0, 0.05) is 0 Å². The summed E-state index contributed by atoms with van der Waals surface area (Å²) in [6.07, 6.45) is -1.30. The molecular weight excluding hydrogens is 435 g/mol. The highest BCUT2D eigenvalue weighted by Gasteiger charge is 2.45. The average molecular weight is 451 g/mol. The molecule has 3 nitrogen and oxygen atoms in total. The maximum Gasteiger partial charge on any atom is 0.225 e. The van der Waals surface area contributed by atoms with Crippen molar-refractivity contribution in [2.45, 2.75) is 15.2 Å². The monoisotopic (exact) mass is 450 g/mol. The van der Waals surface area contributed by atoms with Crippen LogP contribution in [0.4, 0.5) is 0 Å². The van der Waals surface area contributed by atoms with Gasteiger partial charge in [-0.25, -0.2) is 8.42 Å². The van der Waals surface area contributed by atoms with E-state index in [1.54, 1.807) is 34.7 Å². The molecule has 0 aliphatic heterocycles. The quantitative estimate of drug-likeness (QED) is 0.550. The lowest BCUT2D eigenvalue weighted by atomic mass is 10.0. The second kappa shape index (κ2) is 6.86. The Morgan fingerprint density at radius 1 is 1.09 bits per heavy atom. The Morgan fingerprint density at radius 2 is 1.59 bits per heavy atom.